The number of para-hydroxylation sites is 1. The molecule has 0 unspecified atom stereocenters. The Labute approximate surface area is 123 Å². The molecule has 2 saturated heterocycles. The standard InChI is InChI=1S/C9H7N.C3H5NO2.C3H7NO/c1-2-6-9-8(4-1)5-3-7-10-9;5-3-4-1-2-6-3;1-2-5-3-4-1/h1-7H;1-2H2,(H,4,5);4H,1-3H2. The number of carbonyl (C=O) groups excluding carboxylic acids is 1. The average molecular weight is 289 g/mol. The third-order valence-electron chi connectivity index (χ3n) is 2.74. The second-order valence-electron chi connectivity index (χ2n) is 4.31. The summed E-state index contributed by atoms with van der Waals surface area (Å²) in [7, 11) is 0. The molecular weight excluding hydrogens is 270 g/mol. The number of cyclic esters (lactones) is 1. The molecule has 0 aliphatic carbocycles. The number of amides is 1. The number of alkyl carbamates (subject to hydrolysis) is 1. The highest BCUT2D eigenvalue weighted by atomic mass is 16.6. The molecule has 6 nitrogen and oxygen atoms in total. The van der Waals surface area contributed by atoms with Gasteiger partial charge in [0.25, 0.3) is 0 Å². The van der Waals surface area contributed by atoms with E-state index < -0.39 is 0 Å². The van der Waals surface area contributed by atoms with E-state index in [1.54, 1.807) is 0 Å². The molecule has 2 N–H and O–H groups in total. The summed E-state index contributed by atoms with van der Waals surface area (Å²) in [5.74, 6) is 0. The first-order valence-electron chi connectivity index (χ1n) is 6.85. The normalized spacial score (nSPS) is 16.1. The number of carbonyl (C=O) groups is 1. The number of pyridine rings is 1. The quantitative estimate of drug-likeness (QED) is 0.769. The van der Waals surface area contributed by atoms with Crippen LogP contribution in [0.4, 0.5) is 4.79 Å². The van der Waals surface area contributed by atoms with Gasteiger partial charge in [0.2, 0.25) is 0 Å². The van der Waals surface area contributed by atoms with Gasteiger partial charge in [-0.1, -0.05) is 24.3 Å². The molecule has 0 bridgehead atoms. The van der Waals surface area contributed by atoms with E-state index in [1.807, 2.05) is 30.5 Å². The summed E-state index contributed by atoms with van der Waals surface area (Å²) in [5.41, 5.74) is 1.06. The van der Waals surface area contributed by atoms with Crippen LogP contribution in [0.25, 0.3) is 10.9 Å². The molecule has 0 radical (unpaired) electrons. The largest absolute Gasteiger partial charge is 0.448 e. The lowest BCUT2D eigenvalue weighted by molar-refractivity contribution is 0.178. The second-order valence-corrected chi connectivity index (χ2v) is 4.31. The molecule has 0 spiro atoms. The summed E-state index contributed by atoms with van der Waals surface area (Å²) < 4.78 is 9.24. The summed E-state index contributed by atoms with van der Waals surface area (Å²) in [5, 5.41) is 6.66. The fraction of sp³-hybridized carbons (Fsp3) is 0.333. The highest BCUT2D eigenvalue weighted by Gasteiger charge is 2.06. The van der Waals surface area contributed by atoms with Crippen molar-refractivity contribution in [3.05, 3.63) is 42.6 Å². The lowest BCUT2D eigenvalue weighted by Gasteiger charge is -1.91. The van der Waals surface area contributed by atoms with E-state index in [4.69, 9.17) is 4.74 Å². The molecule has 1 amide bonds. The summed E-state index contributed by atoms with van der Waals surface area (Å²) >= 11 is 0. The zero-order chi connectivity index (χ0) is 14.8. The molecule has 1 aromatic carbocycles. The van der Waals surface area contributed by atoms with E-state index in [0.29, 0.717) is 13.2 Å². The molecule has 2 aliphatic rings. The van der Waals surface area contributed by atoms with Crippen LogP contribution in [-0.4, -0.2) is 44.1 Å². The van der Waals surface area contributed by atoms with Crippen molar-refractivity contribution in [1.82, 2.24) is 15.6 Å². The SMILES string of the molecule is C1COCN1.O=C1NCCO1.c1ccc2ncccc2c1. The molecule has 21 heavy (non-hydrogen) atoms. The van der Waals surface area contributed by atoms with Crippen LogP contribution in [0.5, 0.6) is 0 Å². The number of benzene rings is 1. The van der Waals surface area contributed by atoms with Crippen molar-refractivity contribution in [2.24, 2.45) is 0 Å². The first-order chi connectivity index (χ1) is 10.4. The molecule has 2 fully saturated rings. The predicted molar refractivity (Wildman–Crippen MR) is 79.9 cm³/mol. The van der Waals surface area contributed by atoms with Crippen LogP contribution < -0.4 is 10.6 Å². The molecule has 0 atom stereocenters. The van der Waals surface area contributed by atoms with Gasteiger partial charge in [-0.15, -0.1) is 0 Å². The van der Waals surface area contributed by atoms with Gasteiger partial charge in [-0.05, 0) is 12.1 Å². The Morgan fingerprint density at radius 2 is 1.90 bits per heavy atom. The Hall–Kier alpha value is -2.18. The van der Waals surface area contributed by atoms with Crippen LogP contribution in [0.15, 0.2) is 42.6 Å². The molecule has 2 aromatic rings. The minimum atomic E-state index is -0.296. The maximum absolute atomic E-state index is 9.91. The highest BCUT2D eigenvalue weighted by molar-refractivity contribution is 5.77. The van der Waals surface area contributed by atoms with Crippen LogP contribution in [0.1, 0.15) is 0 Å². The zero-order valence-corrected chi connectivity index (χ0v) is 11.7. The van der Waals surface area contributed by atoms with Gasteiger partial charge in [0.05, 0.1) is 25.4 Å². The van der Waals surface area contributed by atoms with Gasteiger partial charge in [0.15, 0.2) is 0 Å². The first-order valence-corrected chi connectivity index (χ1v) is 6.85. The summed E-state index contributed by atoms with van der Waals surface area (Å²) in [4.78, 5) is 14.1. The Kier molecular flexibility index (Phi) is 6.44. The number of rotatable bonds is 0. The number of aromatic nitrogens is 1. The Bertz CT molecular complexity index is 478. The maximum Gasteiger partial charge on any atom is 0.407 e. The highest BCUT2D eigenvalue weighted by Crippen LogP contribution is 2.07. The topological polar surface area (TPSA) is 72.5 Å². The van der Waals surface area contributed by atoms with Gasteiger partial charge >= 0.3 is 6.09 Å². The monoisotopic (exact) mass is 289 g/mol. The summed E-state index contributed by atoms with van der Waals surface area (Å²) in [6.45, 7) is 3.86. The van der Waals surface area contributed by atoms with Gasteiger partial charge in [-0.25, -0.2) is 4.79 Å². The van der Waals surface area contributed by atoms with Crippen LogP contribution in [0.3, 0.4) is 0 Å². The van der Waals surface area contributed by atoms with Crippen molar-refractivity contribution in [2.45, 2.75) is 0 Å². The molecular formula is C15H19N3O3. The summed E-state index contributed by atoms with van der Waals surface area (Å²) in [6, 6.07) is 12.1. The van der Waals surface area contributed by atoms with E-state index in [9.17, 15) is 4.79 Å². The van der Waals surface area contributed by atoms with E-state index in [1.165, 1.54) is 5.39 Å². The lowest BCUT2D eigenvalue weighted by atomic mass is 10.2. The van der Waals surface area contributed by atoms with Crippen molar-refractivity contribution < 1.29 is 14.3 Å². The van der Waals surface area contributed by atoms with Crippen LogP contribution in [0.2, 0.25) is 0 Å². The van der Waals surface area contributed by atoms with E-state index >= 15 is 0 Å². The smallest absolute Gasteiger partial charge is 0.407 e. The van der Waals surface area contributed by atoms with Crippen molar-refractivity contribution in [1.29, 1.82) is 0 Å². The number of ether oxygens (including phenoxy) is 2. The van der Waals surface area contributed by atoms with Gasteiger partial charge in [0, 0.05) is 18.1 Å². The fourth-order valence-corrected chi connectivity index (χ4v) is 1.72. The van der Waals surface area contributed by atoms with Crippen molar-refractivity contribution in [3.8, 4) is 0 Å². The van der Waals surface area contributed by atoms with Gasteiger partial charge in [-0.3, -0.25) is 10.3 Å². The number of hydrogen-bond donors (Lipinski definition) is 2. The molecule has 6 heteroatoms. The first kappa shape index (κ1) is 15.2. The minimum absolute atomic E-state index is 0.296. The Morgan fingerprint density at radius 1 is 1.05 bits per heavy atom. The lowest BCUT2D eigenvalue weighted by Crippen LogP contribution is -2.11. The van der Waals surface area contributed by atoms with E-state index in [2.05, 4.69) is 32.5 Å². The van der Waals surface area contributed by atoms with Crippen molar-refractivity contribution >= 4 is 17.0 Å². The fourth-order valence-electron chi connectivity index (χ4n) is 1.72. The maximum atomic E-state index is 9.91. The third kappa shape index (κ3) is 5.76. The second kappa shape index (κ2) is 8.89. The zero-order valence-electron chi connectivity index (χ0n) is 11.7. The summed E-state index contributed by atoms with van der Waals surface area (Å²) in [6.07, 6.45) is 1.51. The molecule has 4 rings (SSSR count). The van der Waals surface area contributed by atoms with Crippen LogP contribution in [-0.2, 0) is 9.47 Å². The van der Waals surface area contributed by atoms with Gasteiger partial charge in [-0.2, -0.15) is 0 Å². The molecule has 2 aliphatic heterocycles. The number of nitrogens with zero attached hydrogens (tertiary/aromatic N) is 1. The van der Waals surface area contributed by atoms with Crippen molar-refractivity contribution in [2.75, 3.05) is 33.0 Å². The Balaban J connectivity index is 0.000000126. The number of nitrogens with one attached hydrogen (secondary N) is 2. The van der Waals surface area contributed by atoms with E-state index in [0.717, 1.165) is 25.4 Å². The molecule has 0 saturated carbocycles. The Morgan fingerprint density at radius 3 is 2.43 bits per heavy atom. The number of hydrogen-bond acceptors (Lipinski definition) is 5. The minimum Gasteiger partial charge on any atom is -0.448 e. The van der Waals surface area contributed by atoms with Crippen molar-refractivity contribution in [3.63, 3.8) is 0 Å². The van der Waals surface area contributed by atoms with Gasteiger partial charge in [0.1, 0.15) is 6.61 Å². The molecule has 3 heterocycles. The third-order valence-corrected chi connectivity index (χ3v) is 2.74. The molecule has 1 aromatic heterocycles. The van der Waals surface area contributed by atoms with E-state index in [-0.39, 0.29) is 6.09 Å². The predicted octanol–water partition coefficient (Wildman–Crippen LogP) is 1.52. The molecule has 112 valence electrons. The van der Waals surface area contributed by atoms with Gasteiger partial charge < -0.3 is 14.8 Å². The van der Waals surface area contributed by atoms with Crippen LogP contribution >= 0.6 is 0 Å². The number of fused-ring (bicyclic) bond motifs is 1. The van der Waals surface area contributed by atoms with Crippen LogP contribution in [0, 0.1) is 0 Å². The average Bonchev–Trinajstić information content (AvgIpc) is 3.24.